The minimum atomic E-state index is -4.44. The Labute approximate surface area is 122 Å². The summed E-state index contributed by atoms with van der Waals surface area (Å²) in [4.78, 5) is 0. The van der Waals surface area contributed by atoms with Crippen LogP contribution in [0, 0.1) is 11.7 Å². The molecule has 1 aliphatic rings. The number of halogens is 4. The third-order valence-corrected chi connectivity index (χ3v) is 4.34. The second-order valence-corrected chi connectivity index (χ2v) is 5.82. The van der Waals surface area contributed by atoms with E-state index in [-0.39, 0.29) is 11.6 Å². The molecule has 1 fully saturated rings. The maximum Gasteiger partial charge on any atom is 0.416 e. The molecule has 1 aliphatic carbocycles. The normalized spacial score (nSPS) is 18.7. The molecule has 5 heteroatoms. The molecular weight excluding hydrogens is 282 g/mol. The van der Waals surface area contributed by atoms with Crippen LogP contribution in [0.5, 0.6) is 0 Å². The van der Waals surface area contributed by atoms with Gasteiger partial charge in [0, 0.05) is 11.6 Å². The first kappa shape index (κ1) is 16.3. The summed E-state index contributed by atoms with van der Waals surface area (Å²) < 4.78 is 52.3. The van der Waals surface area contributed by atoms with Gasteiger partial charge in [-0.25, -0.2) is 4.39 Å². The maximum atomic E-state index is 13.9. The Kier molecular flexibility index (Phi) is 5.25. The van der Waals surface area contributed by atoms with E-state index in [1.54, 1.807) is 7.05 Å². The Balaban J connectivity index is 2.20. The van der Waals surface area contributed by atoms with Gasteiger partial charge in [-0.05, 0) is 37.6 Å². The van der Waals surface area contributed by atoms with E-state index < -0.39 is 17.6 Å². The van der Waals surface area contributed by atoms with Crippen LogP contribution in [0.4, 0.5) is 17.6 Å². The highest BCUT2D eigenvalue weighted by molar-refractivity contribution is 5.29. The number of nitrogens with one attached hydrogen (secondary N) is 1. The second kappa shape index (κ2) is 6.77. The summed E-state index contributed by atoms with van der Waals surface area (Å²) in [5, 5.41) is 2.98. The minimum Gasteiger partial charge on any atom is -0.313 e. The van der Waals surface area contributed by atoms with Crippen LogP contribution in [-0.2, 0) is 6.18 Å². The lowest BCUT2D eigenvalue weighted by Crippen LogP contribution is -2.23. The zero-order valence-electron chi connectivity index (χ0n) is 12.1. The van der Waals surface area contributed by atoms with Crippen LogP contribution < -0.4 is 5.32 Å². The Hall–Kier alpha value is -1.10. The van der Waals surface area contributed by atoms with Gasteiger partial charge < -0.3 is 5.32 Å². The molecule has 0 saturated heterocycles. The largest absolute Gasteiger partial charge is 0.416 e. The Morgan fingerprint density at radius 2 is 1.86 bits per heavy atom. The van der Waals surface area contributed by atoms with E-state index in [4.69, 9.17) is 0 Å². The molecule has 1 aromatic rings. The fourth-order valence-electron chi connectivity index (χ4n) is 3.14. The van der Waals surface area contributed by atoms with Gasteiger partial charge in [-0.15, -0.1) is 0 Å². The van der Waals surface area contributed by atoms with Crippen molar-refractivity contribution in [2.45, 2.75) is 50.7 Å². The van der Waals surface area contributed by atoms with Crippen LogP contribution in [0.15, 0.2) is 18.2 Å². The smallest absolute Gasteiger partial charge is 0.313 e. The lowest BCUT2D eigenvalue weighted by Gasteiger charge is -2.27. The molecule has 0 aromatic heterocycles. The zero-order chi connectivity index (χ0) is 15.5. The van der Waals surface area contributed by atoms with E-state index in [0.29, 0.717) is 12.3 Å². The minimum absolute atomic E-state index is 0.123. The van der Waals surface area contributed by atoms with Crippen molar-refractivity contribution in [3.8, 4) is 0 Å². The van der Waals surface area contributed by atoms with Crippen molar-refractivity contribution in [1.82, 2.24) is 5.32 Å². The van der Waals surface area contributed by atoms with E-state index in [2.05, 4.69) is 5.32 Å². The van der Waals surface area contributed by atoms with Gasteiger partial charge in [0.15, 0.2) is 0 Å². The highest BCUT2D eigenvalue weighted by atomic mass is 19.4. The summed E-state index contributed by atoms with van der Waals surface area (Å²) in [6, 6.07) is 2.30. The van der Waals surface area contributed by atoms with Crippen molar-refractivity contribution in [3.63, 3.8) is 0 Å². The van der Waals surface area contributed by atoms with Crippen molar-refractivity contribution in [1.29, 1.82) is 0 Å². The summed E-state index contributed by atoms with van der Waals surface area (Å²) in [6.45, 7) is 0. The van der Waals surface area contributed by atoms with Crippen molar-refractivity contribution in [3.05, 3.63) is 35.1 Å². The lowest BCUT2D eigenvalue weighted by atomic mass is 9.83. The first-order valence-electron chi connectivity index (χ1n) is 7.45. The van der Waals surface area contributed by atoms with E-state index in [1.165, 1.54) is 6.42 Å². The molecule has 0 spiro atoms. The SMILES string of the molecule is CNC(CC1CCCCC1)c1cc(C(F)(F)F)ccc1F. The summed E-state index contributed by atoms with van der Waals surface area (Å²) >= 11 is 0. The first-order valence-corrected chi connectivity index (χ1v) is 7.45. The Bertz CT molecular complexity index is 464. The van der Waals surface area contributed by atoms with Crippen LogP contribution in [0.2, 0.25) is 0 Å². The molecule has 0 heterocycles. The first-order chi connectivity index (χ1) is 9.91. The van der Waals surface area contributed by atoms with Gasteiger partial charge in [0.25, 0.3) is 0 Å². The topological polar surface area (TPSA) is 12.0 Å². The van der Waals surface area contributed by atoms with E-state index in [9.17, 15) is 17.6 Å². The van der Waals surface area contributed by atoms with Crippen LogP contribution in [-0.4, -0.2) is 7.05 Å². The molecule has 1 unspecified atom stereocenters. The van der Waals surface area contributed by atoms with Crippen LogP contribution >= 0.6 is 0 Å². The van der Waals surface area contributed by atoms with Gasteiger partial charge >= 0.3 is 6.18 Å². The average Bonchev–Trinajstić information content (AvgIpc) is 2.45. The molecule has 1 nitrogen and oxygen atoms in total. The molecule has 21 heavy (non-hydrogen) atoms. The van der Waals surface area contributed by atoms with Crippen LogP contribution in [0.3, 0.4) is 0 Å². The van der Waals surface area contributed by atoms with Gasteiger partial charge in [-0.2, -0.15) is 13.2 Å². The van der Waals surface area contributed by atoms with E-state index in [0.717, 1.165) is 43.9 Å². The predicted octanol–water partition coefficient (Wildman–Crippen LogP) is 5.08. The molecule has 1 atom stereocenters. The van der Waals surface area contributed by atoms with Gasteiger partial charge in [-0.3, -0.25) is 0 Å². The molecule has 0 amide bonds. The molecular formula is C16H21F4N. The highest BCUT2D eigenvalue weighted by Gasteiger charge is 2.32. The fourth-order valence-corrected chi connectivity index (χ4v) is 3.14. The summed E-state index contributed by atoms with van der Waals surface area (Å²) in [5.74, 6) is -0.108. The summed E-state index contributed by atoms with van der Waals surface area (Å²) in [6.07, 6.45) is 1.95. The molecule has 1 N–H and O–H groups in total. The van der Waals surface area contributed by atoms with Gasteiger partial charge in [0.1, 0.15) is 5.82 Å². The van der Waals surface area contributed by atoms with Gasteiger partial charge in [0.2, 0.25) is 0 Å². The van der Waals surface area contributed by atoms with Crippen LogP contribution in [0.1, 0.15) is 55.7 Å². The third kappa shape index (κ3) is 4.19. The second-order valence-electron chi connectivity index (χ2n) is 5.82. The fraction of sp³-hybridized carbons (Fsp3) is 0.625. The molecule has 0 bridgehead atoms. The number of rotatable bonds is 4. The third-order valence-electron chi connectivity index (χ3n) is 4.34. The quantitative estimate of drug-likeness (QED) is 0.765. The molecule has 2 rings (SSSR count). The number of hydrogen-bond donors (Lipinski definition) is 1. The number of hydrogen-bond acceptors (Lipinski definition) is 1. The molecule has 0 aliphatic heterocycles. The van der Waals surface area contributed by atoms with Crippen molar-refractivity contribution < 1.29 is 17.6 Å². The summed E-state index contributed by atoms with van der Waals surface area (Å²) in [7, 11) is 1.67. The molecule has 0 radical (unpaired) electrons. The van der Waals surface area contributed by atoms with E-state index in [1.807, 2.05) is 0 Å². The summed E-state index contributed by atoms with van der Waals surface area (Å²) in [5.41, 5.74) is -0.666. The lowest BCUT2D eigenvalue weighted by molar-refractivity contribution is -0.137. The Morgan fingerprint density at radius 1 is 1.19 bits per heavy atom. The molecule has 1 saturated carbocycles. The Morgan fingerprint density at radius 3 is 2.43 bits per heavy atom. The maximum absolute atomic E-state index is 13.9. The average molecular weight is 303 g/mol. The van der Waals surface area contributed by atoms with Crippen molar-refractivity contribution >= 4 is 0 Å². The van der Waals surface area contributed by atoms with Crippen LogP contribution in [0.25, 0.3) is 0 Å². The highest BCUT2D eigenvalue weighted by Crippen LogP contribution is 2.35. The monoisotopic (exact) mass is 303 g/mol. The van der Waals surface area contributed by atoms with Crippen molar-refractivity contribution in [2.24, 2.45) is 5.92 Å². The van der Waals surface area contributed by atoms with Gasteiger partial charge in [0.05, 0.1) is 5.56 Å². The predicted molar refractivity (Wildman–Crippen MR) is 74.4 cm³/mol. The van der Waals surface area contributed by atoms with Gasteiger partial charge in [-0.1, -0.05) is 32.1 Å². The zero-order valence-corrected chi connectivity index (χ0v) is 12.1. The standard InChI is InChI=1S/C16H21F4N/c1-21-15(9-11-5-3-2-4-6-11)13-10-12(16(18,19)20)7-8-14(13)17/h7-8,10-11,15,21H,2-6,9H2,1H3. The number of benzene rings is 1. The van der Waals surface area contributed by atoms with Crippen molar-refractivity contribution in [2.75, 3.05) is 7.05 Å². The number of alkyl halides is 3. The van der Waals surface area contributed by atoms with E-state index >= 15 is 0 Å². The molecule has 118 valence electrons. The molecule has 1 aromatic carbocycles.